The summed E-state index contributed by atoms with van der Waals surface area (Å²) in [6.07, 6.45) is 0. The summed E-state index contributed by atoms with van der Waals surface area (Å²) < 4.78 is 0. The number of hydrogen-bond donors (Lipinski definition) is 2. The van der Waals surface area contributed by atoms with E-state index in [1.807, 2.05) is 30.0 Å². The van der Waals surface area contributed by atoms with Crippen molar-refractivity contribution in [3.05, 3.63) is 29.3 Å². The van der Waals surface area contributed by atoms with Gasteiger partial charge in [-0.1, -0.05) is 6.92 Å². The van der Waals surface area contributed by atoms with Gasteiger partial charge in [-0.25, -0.2) is 0 Å². The van der Waals surface area contributed by atoms with Crippen LogP contribution >= 0.6 is 0 Å². The summed E-state index contributed by atoms with van der Waals surface area (Å²) in [6.45, 7) is 9.87. The van der Waals surface area contributed by atoms with E-state index in [0.29, 0.717) is 6.04 Å². The number of hydrazine groups is 1. The van der Waals surface area contributed by atoms with Crippen molar-refractivity contribution >= 4 is 11.6 Å². The van der Waals surface area contributed by atoms with Gasteiger partial charge in [-0.05, 0) is 44.2 Å². The van der Waals surface area contributed by atoms with Gasteiger partial charge < -0.3 is 10.3 Å². The fraction of sp³-hybridized carbons (Fsp3) is 0.533. The largest absolute Gasteiger partial charge is 0.336 e. The zero-order chi connectivity index (χ0) is 14.7. The van der Waals surface area contributed by atoms with Gasteiger partial charge in [-0.2, -0.15) is 0 Å². The van der Waals surface area contributed by atoms with E-state index in [1.54, 1.807) is 0 Å². The van der Waals surface area contributed by atoms with E-state index in [-0.39, 0.29) is 5.91 Å². The Morgan fingerprint density at radius 2 is 2.20 bits per heavy atom. The Morgan fingerprint density at radius 1 is 1.45 bits per heavy atom. The molecule has 5 nitrogen and oxygen atoms in total. The van der Waals surface area contributed by atoms with E-state index in [1.165, 1.54) is 0 Å². The summed E-state index contributed by atoms with van der Waals surface area (Å²) in [4.78, 5) is 16.9. The van der Waals surface area contributed by atoms with Crippen molar-refractivity contribution in [3.63, 3.8) is 0 Å². The Hall–Kier alpha value is -1.59. The highest BCUT2D eigenvalue weighted by atomic mass is 16.2. The molecular formula is C15H24N4O. The van der Waals surface area contributed by atoms with E-state index < -0.39 is 0 Å². The fourth-order valence-corrected chi connectivity index (χ4v) is 2.79. The molecule has 110 valence electrons. The first-order valence-electron chi connectivity index (χ1n) is 7.17. The van der Waals surface area contributed by atoms with Crippen molar-refractivity contribution in [2.45, 2.75) is 26.8 Å². The van der Waals surface area contributed by atoms with Gasteiger partial charge in [0.2, 0.25) is 0 Å². The number of likely N-dealkylation sites (N-methyl/N-ethyl adjacent to an activating group) is 1. The molecule has 1 amide bonds. The van der Waals surface area contributed by atoms with Gasteiger partial charge in [-0.15, -0.1) is 0 Å². The molecule has 5 heteroatoms. The van der Waals surface area contributed by atoms with Crippen molar-refractivity contribution in [1.29, 1.82) is 0 Å². The van der Waals surface area contributed by atoms with Crippen LogP contribution in [0, 0.1) is 6.92 Å². The van der Waals surface area contributed by atoms with Gasteiger partial charge in [0.25, 0.3) is 5.91 Å². The third-order valence-electron chi connectivity index (χ3n) is 4.09. The monoisotopic (exact) mass is 276 g/mol. The maximum atomic E-state index is 12.5. The third kappa shape index (κ3) is 2.94. The Bertz CT molecular complexity index is 489. The number of nitrogens with one attached hydrogen (secondary N) is 1. The lowest BCUT2D eigenvalue weighted by Crippen LogP contribution is -2.53. The number of carbonyl (C=O) groups excluding carboxylic acids is 1. The Balaban J connectivity index is 2.10. The van der Waals surface area contributed by atoms with Crippen LogP contribution in [-0.2, 0) is 0 Å². The number of anilines is 1. The van der Waals surface area contributed by atoms with Crippen LogP contribution < -0.4 is 11.3 Å². The van der Waals surface area contributed by atoms with Gasteiger partial charge in [-0.3, -0.25) is 15.5 Å². The molecular weight excluding hydrogens is 252 g/mol. The Kier molecular flexibility index (Phi) is 4.62. The number of carbonyl (C=O) groups is 1. The van der Waals surface area contributed by atoms with Crippen molar-refractivity contribution in [2.24, 2.45) is 5.84 Å². The Morgan fingerprint density at radius 3 is 2.75 bits per heavy atom. The predicted octanol–water partition coefficient (Wildman–Crippen LogP) is 1.45. The van der Waals surface area contributed by atoms with Crippen LogP contribution in [0.25, 0.3) is 0 Å². The molecule has 1 fully saturated rings. The number of nitrogen functional groups attached to an aromatic ring is 1. The lowest BCUT2D eigenvalue weighted by molar-refractivity contribution is 0.0528. The summed E-state index contributed by atoms with van der Waals surface area (Å²) in [7, 11) is 0. The average molecular weight is 276 g/mol. The fourth-order valence-electron chi connectivity index (χ4n) is 2.79. The molecule has 0 radical (unpaired) electrons. The second kappa shape index (κ2) is 6.24. The normalized spacial score (nSPS) is 20.0. The van der Waals surface area contributed by atoms with Crippen LogP contribution in [0.2, 0.25) is 0 Å². The number of rotatable bonds is 3. The number of amides is 1. The summed E-state index contributed by atoms with van der Waals surface area (Å²) in [5.74, 6) is 5.53. The topological polar surface area (TPSA) is 61.6 Å². The minimum atomic E-state index is 0.110. The summed E-state index contributed by atoms with van der Waals surface area (Å²) in [6, 6.07) is 6.01. The smallest absolute Gasteiger partial charge is 0.253 e. The number of piperazine rings is 1. The predicted molar refractivity (Wildman–Crippen MR) is 81.6 cm³/mol. The number of hydrogen-bond acceptors (Lipinski definition) is 4. The van der Waals surface area contributed by atoms with Crippen LogP contribution in [0.5, 0.6) is 0 Å². The molecule has 1 unspecified atom stereocenters. The number of nitrogens with zero attached hydrogens (tertiary/aromatic N) is 2. The molecule has 1 aliphatic heterocycles. The van der Waals surface area contributed by atoms with Crippen LogP contribution in [0.15, 0.2) is 18.2 Å². The standard InChI is InChI=1S/C15H24N4O/c1-4-18-7-8-19(10-12(18)3)15(20)13-5-6-14(17-16)11(2)9-13/h5-6,9,12,17H,4,7-8,10,16H2,1-3H3. The number of aryl methyl sites for hydroxylation is 1. The van der Waals surface area contributed by atoms with Gasteiger partial charge >= 0.3 is 0 Å². The molecule has 0 spiro atoms. The van der Waals surface area contributed by atoms with E-state index in [4.69, 9.17) is 5.84 Å². The van der Waals surface area contributed by atoms with Gasteiger partial charge in [0.15, 0.2) is 0 Å². The summed E-state index contributed by atoms with van der Waals surface area (Å²) in [5, 5.41) is 0. The van der Waals surface area contributed by atoms with E-state index >= 15 is 0 Å². The van der Waals surface area contributed by atoms with Gasteiger partial charge in [0.1, 0.15) is 0 Å². The Labute approximate surface area is 120 Å². The van der Waals surface area contributed by atoms with Crippen molar-refractivity contribution < 1.29 is 4.79 Å². The third-order valence-corrected chi connectivity index (χ3v) is 4.09. The van der Waals surface area contributed by atoms with E-state index in [0.717, 1.165) is 43.0 Å². The highest BCUT2D eigenvalue weighted by molar-refractivity contribution is 5.95. The molecule has 3 N–H and O–H groups in total. The molecule has 1 aliphatic rings. The number of benzene rings is 1. The SMILES string of the molecule is CCN1CCN(C(=O)c2ccc(NN)c(C)c2)CC1C. The zero-order valence-corrected chi connectivity index (χ0v) is 12.5. The minimum absolute atomic E-state index is 0.110. The van der Waals surface area contributed by atoms with Crippen LogP contribution in [0.3, 0.4) is 0 Å². The molecule has 0 aromatic heterocycles. The maximum Gasteiger partial charge on any atom is 0.253 e. The summed E-state index contributed by atoms with van der Waals surface area (Å²) in [5.41, 5.74) is 5.20. The molecule has 1 aromatic rings. The summed E-state index contributed by atoms with van der Waals surface area (Å²) >= 11 is 0. The lowest BCUT2D eigenvalue weighted by Gasteiger charge is -2.39. The van der Waals surface area contributed by atoms with Gasteiger partial charge in [0, 0.05) is 31.2 Å². The second-order valence-corrected chi connectivity index (χ2v) is 5.40. The van der Waals surface area contributed by atoms with Crippen LogP contribution in [-0.4, -0.2) is 47.9 Å². The van der Waals surface area contributed by atoms with Gasteiger partial charge in [0.05, 0.1) is 5.69 Å². The minimum Gasteiger partial charge on any atom is -0.336 e. The highest BCUT2D eigenvalue weighted by Gasteiger charge is 2.26. The highest BCUT2D eigenvalue weighted by Crippen LogP contribution is 2.18. The van der Waals surface area contributed by atoms with Crippen molar-refractivity contribution in [3.8, 4) is 0 Å². The molecule has 0 aliphatic carbocycles. The lowest BCUT2D eigenvalue weighted by atomic mass is 10.1. The second-order valence-electron chi connectivity index (χ2n) is 5.40. The zero-order valence-electron chi connectivity index (χ0n) is 12.5. The van der Waals surface area contributed by atoms with Crippen molar-refractivity contribution in [2.75, 3.05) is 31.6 Å². The molecule has 1 aromatic carbocycles. The first kappa shape index (κ1) is 14.8. The number of nitrogens with two attached hydrogens (primary N) is 1. The first-order valence-corrected chi connectivity index (χ1v) is 7.17. The molecule has 1 heterocycles. The quantitative estimate of drug-likeness (QED) is 0.648. The average Bonchev–Trinajstić information content (AvgIpc) is 2.46. The molecule has 0 saturated carbocycles. The first-order chi connectivity index (χ1) is 9.56. The van der Waals surface area contributed by atoms with Crippen LogP contribution in [0.1, 0.15) is 29.8 Å². The molecule has 1 saturated heterocycles. The van der Waals surface area contributed by atoms with E-state index in [9.17, 15) is 4.79 Å². The molecule has 0 bridgehead atoms. The molecule has 2 rings (SSSR count). The maximum absolute atomic E-state index is 12.5. The van der Waals surface area contributed by atoms with Crippen LogP contribution in [0.4, 0.5) is 5.69 Å². The van der Waals surface area contributed by atoms with Crippen molar-refractivity contribution in [1.82, 2.24) is 9.80 Å². The molecule has 1 atom stereocenters. The molecule has 20 heavy (non-hydrogen) atoms. The van der Waals surface area contributed by atoms with E-state index in [2.05, 4.69) is 24.2 Å².